The highest BCUT2D eigenvalue weighted by Gasteiger charge is 2.06. The van der Waals surface area contributed by atoms with Gasteiger partial charge < -0.3 is 24.0 Å². The van der Waals surface area contributed by atoms with Crippen LogP contribution >= 0.6 is 0 Å². The quantitative estimate of drug-likeness (QED) is 0.469. The number of para-hydroxylation sites is 1. The molecule has 0 aliphatic heterocycles. The van der Waals surface area contributed by atoms with Crippen LogP contribution < -0.4 is 28.5 Å². The van der Waals surface area contributed by atoms with Gasteiger partial charge in [-0.15, -0.1) is 0 Å². The first-order valence-electron chi connectivity index (χ1n) is 6.34. The van der Waals surface area contributed by atoms with Crippen molar-refractivity contribution in [1.29, 1.82) is 0 Å². The van der Waals surface area contributed by atoms with Gasteiger partial charge in [0.1, 0.15) is 0 Å². The maximum absolute atomic E-state index is 2.32. The van der Waals surface area contributed by atoms with Crippen molar-refractivity contribution in [2.75, 3.05) is 0 Å². The molecule has 2 heteroatoms. The van der Waals surface area contributed by atoms with Gasteiger partial charge >= 0.3 is 0 Å². The van der Waals surface area contributed by atoms with Gasteiger partial charge in [-0.05, 0) is 17.7 Å². The lowest BCUT2D eigenvalue weighted by Crippen LogP contribution is -3.00. The van der Waals surface area contributed by atoms with Crippen molar-refractivity contribution in [1.82, 2.24) is 0 Å². The molecule has 0 N–H and O–H groups in total. The van der Waals surface area contributed by atoms with E-state index in [1.54, 1.807) is 0 Å². The zero-order valence-corrected chi connectivity index (χ0v) is 12.8. The molecular weight excluding hydrogens is 345 g/mol. The summed E-state index contributed by atoms with van der Waals surface area (Å²) in [4.78, 5) is 0. The van der Waals surface area contributed by atoms with Gasteiger partial charge in [0.25, 0.3) is 0 Å². The molecule has 3 aromatic rings. The number of benzene rings is 2. The van der Waals surface area contributed by atoms with E-state index in [0.717, 1.165) is 13.0 Å². The van der Waals surface area contributed by atoms with Crippen molar-refractivity contribution in [2.24, 2.45) is 0 Å². The summed E-state index contributed by atoms with van der Waals surface area (Å²) in [6.45, 7) is 1.02. The number of halogens is 1. The molecule has 19 heavy (non-hydrogen) atoms. The minimum absolute atomic E-state index is 0. The number of hydrogen-bond acceptors (Lipinski definition) is 0. The van der Waals surface area contributed by atoms with E-state index in [0.29, 0.717) is 0 Å². The van der Waals surface area contributed by atoms with E-state index in [9.17, 15) is 0 Å². The summed E-state index contributed by atoms with van der Waals surface area (Å²) in [7, 11) is 0. The summed E-state index contributed by atoms with van der Waals surface area (Å²) in [6, 6.07) is 23.4. The topological polar surface area (TPSA) is 3.88 Å². The Morgan fingerprint density at radius 3 is 2.26 bits per heavy atom. The van der Waals surface area contributed by atoms with Gasteiger partial charge in [0.05, 0.1) is 0 Å². The Labute approximate surface area is 130 Å². The van der Waals surface area contributed by atoms with E-state index in [4.69, 9.17) is 0 Å². The maximum Gasteiger partial charge on any atom is 0.212 e. The summed E-state index contributed by atoms with van der Waals surface area (Å²) >= 11 is 0. The van der Waals surface area contributed by atoms with Crippen LogP contribution in [0.3, 0.4) is 0 Å². The lowest BCUT2D eigenvalue weighted by Gasteiger charge is -2.01. The Morgan fingerprint density at radius 1 is 0.737 bits per heavy atom. The van der Waals surface area contributed by atoms with Crippen LogP contribution in [0, 0.1) is 0 Å². The SMILES string of the molecule is [I-].c1ccc(CC[n+]2cccc3ccccc32)cc1. The predicted octanol–water partition coefficient (Wildman–Crippen LogP) is 0.374. The smallest absolute Gasteiger partial charge is 0.212 e. The number of rotatable bonds is 3. The summed E-state index contributed by atoms with van der Waals surface area (Å²) in [6.07, 6.45) is 3.23. The van der Waals surface area contributed by atoms with Crippen LogP contribution in [0.15, 0.2) is 72.9 Å². The first-order valence-corrected chi connectivity index (χ1v) is 6.34. The Morgan fingerprint density at radius 2 is 1.42 bits per heavy atom. The molecule has 3 rings (SSSR count). The normalized spacial score (nSPS) is 10.1. The molecule has 1 heterocycles. The standard InChI is InChI=1S/C17H16N.HI/c1-2-7-15(8-3-1)12-14-18-13-6-10-16-9-4-5-11-17(16)18;/h1-11,13H,12,14H2;1H/q+1;/p-1. The lowest BCUT2D eigenvalue weighted by molar-refractivity contribution is -0.670. The molecule has 1 nitrogen and oxygen atoms in total. The van der Waals surface area contributed by atoms with E-state index in [1.165, 1.54) is 16.5 Å². The van der Waals surface area contributed by atoms with E-state index >= 15 is 0 Å². The third-order valence-corrected chi connectivity index (χ3v) is 3.27. The number of pyridine rings is 1. The molecule has 1 aromatic heterocycles. The second kappa shape index (κ2) is 6.66. The van der Waals surface area contributed by atoms with Crippen molar-refractivity contribution in [3.8, 4) is 0 Å². The summed E-state index contributed by atoms with van der Waals surface area (Å²) in [5.74, 6) is 0. The van der Waals surface area contributed by atoms with Crippen molar-refractivity contribution < 1.29 is 28.5 Å². The molecule has 0 amide bonds. The van der Waals surface area contributed by atoms with Gasteiger partial charge in [-0.25, -0.2) is 0 Å². The van der Waals surface area contributed by atoms with Crippen LogP contribution in [0.2, 0.25) is 0 Å². The zero-order chi connectivity index (χ0) is 12.2. The first-order chi connectivity index (χ1) is 8.93. The van der Waals surface area contributed by atoms with Gasteiger partial charge in [-0.2, -0.15) is 4.57 Å². The number of hydrogen-bond donors (Lipinski definition) is 0. The predicted molar refractivity (Wildman–Crippen MR) is 74.3 cm³/mol. The molecule has 0 aliphatic rings. The lowest BCUT2D eigenvalue weighted by atomic mass is 10.1. The summed E-state index contributed by atoms with van der Waals surface area (Å²) in [5.41, 5.74) is 2.69. The molecule has 0 spiro atoms. The Balaban J connectivity index is 0.00000133. The molecule has 0 bridgehead atoms. The summed E-state index contributed by atoms with van der Waals surface area (Å²) < 4.78 is 2.32. The number of fused-ring (bicyclic) bond motifs is 1. The van der Waals surface area contributed by atoms with Crippen LogP contribution in [0.25, 0.3) is 10.9 Å². The van der Waals surface area contributed by atoms with Crippen molar-refractivity contribution in [3.05, 3.63) is 78.5 Å². The number of nitrogens with zero attached hydrogens (tertiary/aromatic N) is 1. The summed E-state index contributed by atoms with van der Waals surface area (Å²) in [5, 5.41) is 1.30. The van der Waals surface area contributed by atoms with Crippen molar-refractivity contribution in [3.63, 3.8) is 0 Å². The Kier molecular flexibility index (Phi) is 4.91. The third-order valence-electron chi connectivity index (χ3n) is 3.27. The molecule has 0 saturated heterocycles. The Bertz CT molecular complexity index is 644. The molecule has 0 aliphatic carbocycles. The van der Waals surface area contributed by atoms with Gasteiger partial charge in [0.15, 0.2) is 12.7 Å². The van der Waals surface area contributed by atoms with Crippen LogP contribution in [0.4, 0.5) is 0 Å². The highest BCUT2D eigenvalue weighted by molar-refractivity contribution is 5.74. The van der Waals surface area contributed by atoms with Crippen LogP contribution in [-0.4, -0.2) is 0 Å². The largest absolute Gasteiger partial charge is 1.00 e. The van der Waals surface area contributed by atoms with E-state index in [1.807, 2.05) is 0 Å². The molecule has 0 radical (unpaired) electrons. The number of aromatic nitrogens is 1. The van der Waals surface area contributed by atoms with Gasteiger partial charge in [-0.3, -0.25) is 0 Å². The minimum atomic E-state index is 0. The zero-order valence-electron chi connectivity index (χ0n) is 10.7. The molecule has 2 aromatic carbocycles. The van der Waals surface area contributed by atoms with E-state index < -0.39 is 0 Å². The average molecular weight is 361 g/mol. The Hall–Kier alpha value is -1.42. The highest BCUT2D eigenvalue weighted by atomic mass is 127. The molecule has 0 unspecified atom stereocenters. The van der Waals surface area contributed by atoms with Gasteiger partial charge in [0.2, 0.25) is 5.52 Å². The second-order valence-electron chi connectivity index (χ2n) is 4.50. The van der Waals surface area contributed by atoms with Crippen molar-refractivity contribution >= 4 is 10.9 Å². The molecule has 96 valence electrons. The van der Waals surface area contributed by atoms with Gasteiger partial charge in [-0.1, -0.05) is 42.5 Å². The molecule has 0 atom stereocenters. The minimum Gasteiger partial charge on any atom is -1.00 e. The fourth-order valence-electron chi connectivity index (χ4n) is 2.31. The van der Waals surface area contributed by atoms with E-state index in [-0.39, 0.29) is 24.0 Å². The molecule has 0 saturated carbocycles. The second-order valence-corrected chi connectivity index (χ2v) is 4.50. The molecular formula is C17H16IN. The van der Waals surface area contributed by atoms with Crippen molar-refractivity contribution in [2.45, 2.75) is 13.0 Å². The van der Waals surface area contributed by atoms with Crippen LogP contribution in [0.1, 0.15) is 5.56 Å². The van der Waals surface area contributed by atoms with Crippen LogP contribution in [-0.2, 0) is 13.0 Å². The van der Waals surface area contributed by atoms with Gasteiger partial charge in [0, 0.05) is 23.9 Å². The molecule has 0 fully saturated rings. The monoisotopic (exact) mass is 361 g/mol. The first kappa shape index (κ1) is 14.0. The van der Waals surface area contributed by atoms with Crippen LogP contribution in [0.5, 0.6) is 0 Å². The number of aryl methyl sites for hydroxylation is 2. The fraction of sp³-hybridized carbons (Fsp3) is 0.118. The highest BCUT2D eigenvalue weighted by Crippen LogP contribution is 2.08. The third kappa shape index (κ3) is 3.32. The average Bonchev–Trinajstić information content (AvgIpc) is 2.46. The maximum atomic E-state index is 2.32. The fourth-order valence-corrected chi connectivity index (χ4v) is 2.31. The van der Waals surface area contributed by atoms with E-state index in [2.05, 4.69) is 77.5 Å².